The van der Waals surface area contributed by atoms with Crippen LogP contribution in [0.5, 0.6) is 0 Å². The predicted molar refractivity (Wildman–Crippen MR) is 143 cm³/mol. The maximum atomic E-state index is 3.37. The standard InChI is InChI=1S/C30H27N3/c1-21(32-27-15-7-3-11-22(27)23-12-4-8-16-28(23)32)26(19-20-31-2)33-29-17-9-5-13-24(29)25-14-6-10-18-30(25)33/h3-18,31H,19-20H2,1-2H3. The Morgan fingerprint density at radius 2 is 0.939 bits per heavy atom. The normalized spacial score (nSPS) is 12.8. The van der Waals surface area contributed by atoms with Crippen molar-refractivity contribution in [2.24, 2.45) is 0 Å². The van der Waals surface area contributed by atoms with Gasteiger partial charge < -0.3 is 14.5 Å². The van der Waals surface area contributed by atoms with Crippen LogP contribution in [0.4, 0.5) is 0 Å². The summed E-state index contributed by atoms with van der Waals surface area (Å²) < 4.78 is 4.92. The predicted octanol–water partition coefficient (Wildman–Crippen LogP) is 7.36. The van der Waals surface area contributed by atoms with Crippen LogP contribution in [0.2, 0.25) is 0 Å². The largest absolute Gasteiger partial charge is 0.319 e. The van der Waals surface area contributed by atoms with Crippen LogP contribution in [-0.4, -0.2) is 22.7 Å². The topological polar surface area (TPSA) is 21.9 Å². The molecule has 1 N–H and O–H groups in total. The third kappa shape index (κ3) is 3.00. The van der Waals surface area contributed by atoms with Crippen molar-refractivity contribution in [1.29, 1.82) is 0 Å². The van der Waals surface area contributed by atoms with Crippen LogP contribution in [0.15, 0.2) is 97.1 Å². The Morgan fingerprint density at radius 3 is 1.33 bits per heavy atom. The number of benzene rings is 4. The van der Waals surface area contributed by atoms with Crippen molar-refractivity contribution in [3.8, 4) is 0 Å². The number of allylic oxidation sites excluding steroid dienone is 1. The number of aromatic nitrogens is 2. The van der Waals surface area contributed by atoms with E-state index in [1.807, 2.05) is 7.05 Å². The third-order valence-electron chi connectivity index (χ3n) is 6.79. The fourth-order valence-electron chi connectivity index (χ4n) is 5.32. The van der Waals surface area contributed by atoms with Crippen LogP contribution in [-0.2, 0) is 0 Å². The highest BCUT2D eigenvalue weighted by atomic mass is 15.1. The summed E-state index contributed by atoms with van der Waals surface area (Å²) in [4.78, 5) is 0. The van der Waals surface area contributed by atoms with Crippen molar-refractivity contribution in [2.45, 2.75) is 13.3 Å². The summed E-state index contributed by atoms with van der Waals surface area (Å²) in [5.74, 6) is 0. The lowest BCUT2D eigenvalue weighted by atomic mass is 10.2. The Bertz CT molecular complexity index is 1560. The molecule has 2 aromatic heterocycles. The van der Waals surface area contributed by atoms with E-state index in [9.17, 15) is 0 Å². The summed E-state index contributed by atoms with van der Waals surface area (Å²) in [5, 5.41) is 8.55. The highest BCUT2D eigenvalue weighted by Crippen LogP contribution is 2.37. The molecule has 0 bridgehead atoms. The highest BCUT2D eigenvalue weighted by molar-refractivity contribution is 6.13. The van der Waals surface area contributed by atoms with Crippen molar-refractivity contribution >= 4 is 55.0 Å². The van der Waals surface area contributed by atoms with Crippen molar-refractivity contribution in [1.82, 2.24) is 14.5 Å². The monoisotopic (exact) mass is 429 g/mol. The van der Waals surface area contributed by atoms with Gasteiger partial charge in [-0.2, -0.15) is 0 Å². The van der Waals surface area contributed by atoms with Gasteiger partial charge in [0.05, 0.1) is 22.1 Å². The first kappa shape index (κ1) is 19.8. The molecule has 0 fully saturated rings. The first-order chi connectivity index (χ1) is 16.3. The Kier molecular flexibility index (Phi) is 4.78. The average Bonchev–Trinajstić information content (AvgIpc) is 3.38. The molecule has 0 aliphatic heterocycles. The minimum absolute atomic E-state index is 0.907. The number of hydrogen-bond acceptors (Lipinski definition) is 1. The van der Waals surface area contributed by atoms with E-state index in [1.54, 1.807) is 0 Å². The van der Waals surface area contributed by atoms with E-state index in [2.05, 4.69) is 118 Å². The minimum atomic E-state index is 0.907. The molecule has 3 nitrogen and oxygen atoms in total. The van der Waals surface area contributed by atoms with Gasteiger partial charge in [-0.25, -0.2) is 0 Å². The zero-order valence-corrected chi connectivity index (χ0v) is 19.0. The van der Waals surface area contributed by atoms with Gasteiger partial charge in [-0.1, -0.05) is 72.8 Å². The smallest absolute Gasteiger partial charge is 0.0538 e. The van der Waals surface area contributed by atoms with Crippen molar-refractivity contribution in [2.75, 3.05) is 13.6 Å². The second-order valence-corrected chi connectivity index (χ2v) is 8.63. The Labute approximate surface area is 193 Å². The summed E-state index contributed by atoms with van der Waals surface area (Å²) in [6.45, 7) is 3.18. The van der Waals surface area contributed by atoms with Crippen molar-refractivity contribution in [3.63, 3.8) is 0 Å². The van der Waals surface area contributed by atoms with Gasteiger partial charge in [0, 0.05) is 45.9 Å². The maximum Gasteiger partial charge on any atom is 0.0538 e. The summed E-state index contributed by atoms with van der Waals surface area (Å²) in [5.41, 5.74) is 7.58. The van der Waals surface area contributed by atoms with Crippen molar-refractivity contribution in [3.05, 3.63) is 97.1 Å². The highest BCUT2D eigenvalue weighted by Gasteiger charge is 2.18. The molecule has 6 aromatic rings. The average molecular weight is 430 g/mol. The summed E-state index contributed by atoms with van der Waals surface area (Å²) in [6, 6.07) is 35.0. The molecular formula is C30H27N3. The van der Waals surface area contributed by atoms with Crippen LogP contribution in [0.25, 0.3) is 55.0 Å². The molecule has 0 saturated heterocycles. The summed E-state index contributed by atoms with van der Waals surface area (Å²) in [6.07, 6.45) is 0.922. The number of nitrogens with zero attached hydrogens (tertiary/aromatic N) is 2. The first-order valence-electron chi connectivity index (χ1n) is 11.6. The number of hydrogen-bond donors (Lipinski definition) is 1. The quantitative estimate of drug-likeness (QED) is 0.304. The molecule has 162 valence electrons. The van der Waals surface area contributed by atoms with Gasteiger partial charge in [0.25, 0.3) is 0 Å². The second-order valence-electron chi connectivity index (χ2n) is 8.63. The number of nitrogens with one attached hydrogen (secondary N) is 1. The molecule has 0 radical (unpaired) electrons. The van der Waals surface area contributed by atoms with E-state index in [-0.39, 0.29) is 0 Å². The lowest BCUT2D eigenvalue weighted by Crippen LogP contribution is -2.12. The second kappa shape index (κ2) is 7.95. The third-order valence-corrected chi connectivity index (χ3v) is 6.79. The minimum Gasteiger partial charge on any atom is -0.319 e. The fourth-order valence-corrected chi connectivity index (χ4v) is 5.32. The molecule has 33 heavy (non-hydrogen) atoms. The molecule has 0 spiro atoms. The molecule has 0 aliphatic rings. The molecule has 0 amide bonds. The lowest BCUT2D eigenvalue weighted by Gasteiger charge is -2.19. The SMILES string of the molecule is CNCCC(=C(C)n1c2ccccc2c2ccccc21)n1c2ccccc2c2ccccc21. The molecule has 0 aliphatic carbocycles. The molecule has 6 rings (SSSR count). The van der Waals surface area contributed by atoms with Gasteiger partial charge in [-0.15, -0.1) is 0 Å². The molecule has 0 unspecified atom stereocenters. The van der Waals surface area contributed by atoms with E-state index in [0.717, 1.165) is 13.0 Å². The number of para-hydroxylation sites is 4. The first-order valence-corrected chi connectivity index (χ1v) is 11.6. The summed E-state index contributed by atoms with van der Waals surface area (Å²) >= 11 is 0. The van der Waals surface area contributed by atoms with Gasteiger partial charge in [0.1, 0.15) is 0 Å². The Hall–Kier alpha value is -3.82. The maximum absolute atomic E-state index is 3.37. The Balaban J connectivity index is 1.75. The van der Waals surface area contributed by atoms with Gasteiger partial charge >= 0.3 is 0 Å². The van der Waals surface area contributed by atoms with Crippen LogP contribution in [0.3, 0.4) is 0 Å². The van der Waals surface area contributed by atoms with E-state index >= 15 is 0 Å². The molecule has 0 atom stereocenters. The van der Waals surface area contributed by atoms with Gasteiger partial charge in [0.2, 0.25) is 0 Å². The Morgan fingerprint density at radius 1 is 0.576 bits per heavy atom. The van der Waals surface area contributed by atoms with E-state index in [0.29, 0.717) is 0 Å². The van der Waals surface area contributed by atoms with Crippen LogP contribution in [0, 0.1) is 0 Å². The fraction of sp³-hybridized carbons (Fsp3) is 0.133. The van der Waals surface area contributed by atoms with Crippen LogP contribution >= 0.6 is 0 Å². The zero-order chi connectivity index (χ0) is 22.4. The molecule has 3 heteroatoms. The zero-order valence-electron chi connectivity index (χ0n) is 19.0. The van der Waals surface area contributed by atoms with E-state index in [4.69, 9.17) is 0 Å². The lowest BCUT2D eigenvalue weighted by molar-refractivity contribution is 0.798. The van der Waals surface area contributed by atoms with Gasteiger partial charge in [-0.05, 0) is 38.2 Å². The van der Waals surface area contributed by atoms with Crippen LogP contribution < -0.4 is 5.32 Å². The number of rotatable bonds is 5. The van der Waals surface area contributed by atoms with E-state index in [1.165, 1.54) is 55.0 Å². The number of fused-ring (bicyclic) bond motifs is 6. The van der Waals surface area contributed by atoms with Gasteiger partial charge in [-0.3, -0.25) is 0 Å². The molecular weight excluding hydrogens is 402 g/mol. The van der Waals surface area contributed by atoms with E-state index < -0.39 is 0 Å². The summed E-state index contributed by atoms with van der Waals surface area (Å²) in [7, 11) is 2.03. The van der Waals surface area contributed by atoms with Crippen LogP contribution in [0.1, 0.15) is 13.3 Å². The van der Waals surface area contributed by atoms with Gasteiger partial charge in [0.15, 0.2) is 0 Å². The molecule has 0 saturated carbocycles. The molecule has 4 aromatic carbocycles. The van der Waals surface area contributed by atoms with Crippen molar-refractivity contribution < 1.29 is 0 Å². The molecule has 2 heterocycles.